The normalized spacial score (nSPS) is 14.9. The van der Waals surface area contributed by atoms with Gasteiger partial charge in [-0.2, -0.15) is 13.2 Å². The van der Waals surface area contributed by atoms with Gasteiger partial charge in [0, 0.05) is 19.6 Å². The Balaban J connectivity index is 1.64. The highest BCUT2D eigenvalue weighted by molar-refractivity contribution is 5.37. The van der Waals surface area contributed by atoms with Crippen LogP contribution >= 0.6 is 0 Å². The predicted octanol–water partition coefficient (Wildman–Crippen LogP) is 4.19. The summed E-state index contributed by atoms with van der Waals surface area (Å²) in [6.07, 6.45) is -3.38. The molecule has 134 valence electrons. The van der Waals surface area contributed by atoms with Gasteiger partial charge in [0.05, 0.1) is 7.11 Å². The minimum atomic E-state index is -4.33. The molecular formula is C19H20F3NO2. The molecule has 0 spiro atoms. The summed E-state index contributed by atoms with van der Waals surface area (Å²) in [7, 11) is 1.65. The molecule has 0 amide bonds. The molecule has 0 aliphatic carbocycles. The molecular weight excluding hydrogens is 331 g/mol. The van der Waals surface area contributed by atoms with Crippen molar-refractivity contribution in [2.75, 3.05) is 20.3 Å². The van der Waals surface area contributed by atoms with Gasteiger partial charge in [0.15, 0.2) is 6.61 Å². The van der Waals surface area contributed by atoms with Gasteiger partial charge in [-0.05, 0) is 47.4 Å². The molecule has 0 aromatic heterocycles. The second kappa shape index (κ2) is 7.35. The lowest BCUT2D eigenvalue weighted by molar-refractivity contribution is -0.153. The molecule has 0 atom stereocenters. The third-order valence-corrected chi connectivity index (χ3v) is 4.21. The number of fused-ring (bicyclic) bond motifs is 1. The van der Waals surface area contributed by atoms with Crippen molar-refractivity contribution in [3.8, 4) is 11.5 Å². The molecule has 0 unspecified atom stereocenters. The van der Waals surface area contributed by atoms with E-state index in [1.807, 2.05) is 18.2 Å². The Hall–Kier alpha value is -2.21. The first-order valence-electron chi connectivity index (χ1n) is 8.09. The van der Waals surface area contributed by atoms with E-state index in [-0.39, 0.29) is 5.75 Å². The second-order valence-corrected chi connectivity index (χ2v) is 6.15. The van der Waals surface area contributed by atoms with E-state index in [4.69, 9.17) is 9.47 Å². The van der Waals surface area contributed by atoms with Crippen molar-refractivity contribution < 1.29 is 22.6 Å². The van der Waals surface area contributed by atoms with Crippen LogP contribution in [0.2, 0.25) is 0 Å². The summed E-state index contributed by atoms with van der Waals surface area (Å²) in [5.74, 6) is 1.08. The van der Waals surface area contributed by atoms with Crippen LogP contribution in [0.25, 0.3) is 0 Å². The minimum Gasteiger partial charge on any atom is -0.497 e. The molecule has 1 heterocycles. The summed E-state index contributed by atoms with van der Waals surface area (Å²) in [5.41, 5.74) is 3.49. The molecule has 1 aliphatic rings. The van der Waals surface area contributed by atoms with Crippen molar-refractivity contribution >= 4 is 0 Å². The lowest BCUT2D eigenvalue weighted by atomic mass is 9.99. The van der Waals surface area contributed by atoms with Gasteiger partial charge >= 0.3 is 6.18 Å². The Bertz CT molecular complexity index is 731. The van der Waals surface area contributed by atoms with Crippen LogP contribution in [-0.4, -0.2) is 31.3 Å². The van der Waals surface area contributed by atoms with Gasteiger partial charge in [0.1, 0.15) is 11.5 Å². The minimum absolute atomic E-state index is 0.244. The van der Waals surface area contributed by atoms with E-state index in [0.29, 0.717) is 6.54 Å². The molecule has 6 heteroatoms. The van der Waals surface area contributed by atoms with Gasteiger partial charge in [0.2, 0.25) is 0 Å². The number of halogens is 3. The first kappa shape index (κ1) is 17.6. The summed E-state index contributed by atoms with van der Waals surface area (Å²) in [6.45, 7) is 1.10. The van der Waals surface area contributed by atoms with Crippen LogP contribution in [0.5, 0.6) is 11.5 Å². The van der Waals surface area contributed by atoms with Gasteiger partial charge in [-0.3, -0.25) is 4.90 Å². The molecule has 0 saturated heterocycles. The summed E-state index contributed by atoms with van der Waals surface area (Å²) in [5, 5.41) is 0. The Labute approximate surface area is 145 Å². The van der Waals surface area contributed by atoms with E-state index in [1.54, 1.807) is 25.3 Å². The Kier molecular flexibility index (Phi) is 5.18. The molecule has 0 saturated carbocycles. The zero-order chi connectivity index (χ0) is 17.9. The van der Waals surface area contributed by atoms with Crippen LogP contribution in [0.3, 0.4) is 0 Å². The molecule has 2 aromatic rings. The highest BCUT2D eigenvalue weighted by Crippen LogP contribution is 2.26. The second-order valence-electron chi connectivity index (χ2n) is 6.15. The summed E-state index contributed by atoms with van der Waals surface area (Å²) in [6, 6.07) is 13.0. The summed E-state index contributed by atoms with van der Waals surface area (Å²) in [4.78, 5) is 2.27. The fraction of sp³-hybridized carbons (Fsp3) is 0.368. The highest BCUT2D eigenvalue weighted by atomic mass is 19.4. The molecule has 3 rings (SSSR count). The van der Waals surface area contributed by atoms with E-state index in [9.17, 15) is 13.2 Å². The fourth-order valence-corrected chi connectivity index (χ4v) is 3.01. The number of rotatable bonds is 5. The standard InChI is InChI=1S/C19H20F3NO2/c1-24-17-6-5-15-7-8-23(12-16(15)10-17)11-14-3-2-4-18(9-14)25-13-19(20,21)22/h2-6,9-10H,7-8,11-13H2,1H3. The molecule has 2 aromatic carbocycles. The van der Waals surface area contributed by atoms with E-state index in [1.165, 1.54) is 11.1 Å². The van der Waals surface area contributed by atoms with E-state index in [2.05, 4.69) is 11.0 Å². The maximum Gasteiger partial charge on any atom is 0.422 e. The first-order chi connectivity index (χ1) is 11.9. The van der Waals surface area contributed by atoms with Crippen molar-refractivity contribution in [2.45, 2.75) is 25.7 Å². The van der Waals surface area contributed by atoms with E-state index >= 15 is 0 Å². The Morgan fingerprint density at radius 2 is 1.88 bits per heavy atom. The zero-order valence-electron chi connectivity index (χ0n) is 14.0. The number of benzene rings is 2. The van der Waals surface area contributed by atoms with Gasteiger partial charge in [0.25, 0.3) is 0 Å². The van der Waals surface area contributed by atoms with Crippen LogP contribution < -0.4 is 9.47 Å². The SMILES string of the molecule is COc1ccc2c(c1)CN(Cc1cccc(OCC(F)(F)F)c1)CC2. The third-order valence-electron chi connectivity index (χ3n) is 4.21. The number of hydrogen-bond donors (Lipinski definition) is 0. The van der Waals surface area contributed by atoms with Crippen molar-refractivity contribution in [2.24, 2.45) is 0 Å². The van der Waals surface area contributed by atoms with E-state index in [0.717, 1.165) is 30.8 Å². The number of ether oxygens (including phenoxy) is 2. The summed E-state index contributed by atoms with van der Waals surface area (Å²) < 4.78 is 46.9. The van der Waals surface area contributed by atoms with Crippen LogP contribution in [0.15, 0.2) is 42.5 Å². The van der Waals surface area contributed by atoms with Gasteiger partial charge < -0.3 is 9.47 Å². The average molecular weight is 351 g/mol. The van der Waals surface area contributed by atoms with Crippen LogP contribution in [-0.2, 0) is 19.5 Å². The smallest absolute Gasteiger partial charge is 0.422 e. The monoisotopic (exact) mass is 351 g/mol. The Morgan fingerprint density at radius 1 is 1.04 bits per heavy atom. The molecule has 0 N–H and O–H groups in total. The van der Waals surface area contributed by atoms with Crippen molar-refractivity contribution in [1.82, 2.24) is 4.90 Å². The first-order valence-corrected chi connectivity index (χ1v) is 8.09. The summed E-state index contributed by atoms with van der Waals surface area (Å²) >= 11 is 0. The number of nitrogens with zero attached hydrogens (tertiary/aromatic N) is 1. The third kappa shape index (κ3) is 4.89. The van der Waals surface area contributed by atoms with Gasteiger partial charge in [-0.1, -0.05) is 18.2 Å². The van der Waals surface area contributed by atoms with Crippen LogP contribution in [0.4, 0.5) is 13.2 Å². The quantitative estimate of drug-likeness (QED) is 0.806. The zero-order valence-corrected chi connectivity index (χ0v) is 14.0. The highest BCUT2D eigenvalue weighted by Gasteiger charge is 2.28. The topological polar surface area (TPSA) is 21.7 Å². The van der Waals surface area contributed by atoms with Crippen LogP contribution in [0, 0.1) is 0 Å². The van der Waals surface area contributed by atoms with Gasteiger partial charge in [-0.25, -0.2) is 0 Å². The van der Waals surface area contributed by atoms with E-state index < -0.39 is 12.8 Å². The van der Waals surface area contributed by atoms with Crippen molar-refractivity contribution in [3.05, 3.63) is 59.2 Å². The molecule has 0 bridgehead atoms. The maximum absolute atomic E-state index is 12.3. The molecule has 25 heavy (non-hydrogen) atoms. The maximum atomic E-state index is 12.3. The molecule has 3 nitrogen and oxygen atoms in total. The van der Waals surface area contributed by atoms with Gasteiger partial charge in [-0.15, -0.1) is 0 Å². The van der Waals surface area contributed by atoms with Crippen LogP contribution in [0.1, 0.15) is 16.7 Å². The average Bonchev–Trinajstić information content (AvgIpc) is 2.59. The molecule has 0 radical (unpaired) electrons. The number of alkyl halides is 3. The fourth-order valence-electron chi connectivity index (χ4n) is 3.01. The largest absolute Gasteiger partial charge is 0.497 e. The predicted molar refractivity (Wildman–Crippen MR) is 88.8 cm³/mol. The lowest BCUT2D eigenvalue weighted by Gasteiger charge is -2.29. The lowest BCUT2D eigenvalue weighted by Crippen LogP contribution is -2.30. The Morgan fingerprint density at radius 3 is 2.64 bits per heavy atom. The number of methoxy groups -OCH3 is 1. The number of hydrogen-bond acceptors (Lipinski definition) is 3. The van der Waals surface area contributed by atoms with Crippen molar-refractivity contribution in [3.63, 3.8) is 0 Å². The molecule has 1 aliphatic heterocycles. The molecule has 0 fully saturated rings. The van der Waals surface area contributed by atoms with Crippen molar-refractivity contribution in [1.29, 1.82) is 0 Å².